The molecule has 1 fully saturated rings. The summed E-state index contributed by atoms with van der Waals surface area (Å²) >= 11 is 0. The molecule has 0 aromatic rings. The van der Waals surface area contributed by atoms with E-state index in [4.69, 9.17) is 4.74 Å². The molecule has 100 valence electrons. The number of nitrogens with one attached hydrogen (secondary N) is 2. The Bertz CT molecular complexity index is 242. The number of hydrogen-bond donors (Lipinski definition) is 2. The van der Waals surface area contributed by atoms with Crippen LogP contribution in [0, 0.1) is 5.92 Å². The smallest absolute Gasteiger partial charge is 0.234 e. The molecule has 1 amide bonds. The first-order chi connectivity index (χ1) is 7.88. The molecule has 0 bridgehead atoms. The molecule has 17 heavy (non-hydrogen) atoms. The van der Waals surface area contributed by atoms with Gasteiger partial charge in [0.05, 0.1) is 6.54 Å². The molecule has 1 rings (SSSR count). The highest BCUT2D eigenvalue weighted by atomic mass is 16.5. The monoisotopic (exact) mass is 242 g/mol. The van der Waals surface area contributed by atoms with Crippen molar-refractivity contribution in [2.24, 2.45) is 5.92 Å². The van der Waals surface area contributed by atoms with Crippen LogP contribution in [0.2, 0.25) is 0 Å². The third-order valence-electron chi connectivity index (χ3n) is 3.14. The maximum Gasteiger partial charge on any atom is 0.234 e. The molecule has 4 heteroatoms. The molecule has 1 aliphatic heterocycles. The van der Waals surface area contributed by atoms with Crippen molar-refractivity contribution in [1.82, 2.24) is 10.6 Å². The fourth-order valence-corrected chi connectivity index (χ4v) is 1.98. The summed E-state index contributed by atoms with van der Waals surface area (Å²) < 4.78 is 5.32. The summed E-state index contributed by atoms with van der Waals surface area (Å²) in [6.07, 6.45) is 2.10. The molecule has 1 atom stereocenters. The van der Waals surface area contributed by atoms with E-state index < -0.39 is 0 Å². The third-order valence-corrected chi connectivity index (χ3v) is 3.14. The minimum absolute atomic E-state index is 0.0146. The fraction of sp³-hybridized carbons (Fsp3) is 0.923. The second-order valence-corrected chi connectivity index (χ2v) is 5.91. The fourth-order valence-electron chi connectivity index (χ4n) is 1.98. The van der Waals surface area contributed by atoms with Crippen molar-refractivity contribution in [2.75, 3.05) is 19.8 Å². The molecule has 1 saturated heterocycles. The maximum absolute atomic E-state index is 11.7. The lowest BCUT2D eigenvalue weighted by Crippen LogP contribution is -2.47. The predicted molar refractivity (Wildman–Crippen MR) is 68.9 cm³/mol. The molecule has 0 aromatic carbocycles. The van der Waals surface area contributed by atoms with Crippen LogP contribution >= 0.6 is 0 Å². The van der Waals surface area contributed by atoms with Crippen LogP contribution in [0.15, 0.2) is 0 Å². The van der Waals surface area contributed by atoms with Crippen molar-refractivity contribution in [2.45, 2.75) is 52.1 Å². The average Bonchev–Trinajstić information content (AvgIpc) is 2.27. The normalized spacial score (nSPS) is 20.0. The Kier molecular flexibility index (Phi) is 5.40. The molecule has 4 nitrogen and oxygen atoms in total. The van der Waals surface area contributed by atoms with Crippen molar-refractivity contribution >= 4 is 5.91 Å². The molecule has 1 unspecified atom stereocenters. The van der Waals surface area contributed by atoms with Crippen molar-refractivity contribution < 1.29 is 9.53 Å². The van der Waals surface area contributed by atoms with Crippen LogP contribution in [0.4, 0.5) is 0 Å². The van der Waals surface area contributed by atoms with Crippen LogP contribution in [0.3, 0.4) is 0 Å². The summed E-state index contributed by atoms with van der Waals surface area (Å²) in [5, 5.41) is 6.26. The Morgan fingerprint density at radius 3 is 2.47 bits per heavy atom. The Labute approximate surface area is 104 Å². The topological polar surface area (TPSA) is 50.4 Å². The molecular weight excluding hydrogens is 216 g/mol. The number of hydrogen-bond acceptors (Lipinski definition) is 3. The zero-order valence-corrected chi connectivity index (χ0v) is 11.5. The van der Waals surface area contributed by atoms with E-state index in [0.29, 0.717) is 12.5 Å². The van der Waals surface area contributed by atoms with E-state index >= 15 is 0 Å². The van der Waals surface area contributed by atoms with Gasteiger partial charge in [0.2, 0.25) is 5.91 Å². The second kappa shape index (κ2) is 6.36. The van der Waals surface area contributed by atoms with Crippen molar-refractivity contribution in [1.29, 1.82) is 0 Å². The van der Waals surface area contributed by atoms with Gasteiger partial charge in [-0.1, -0.05) is 0 Å². The highest BCUT2D eigenvalue weighted by Gasteiger charge is 2.22. The van der Waals surface area contributed by atoms with Gasteiger partial charge in [0.1, 0.15) is 0 Å². The Morgan fingerprint density at radius 1 is 1.35 bits per heavy atom. The van der Waals surface area contributed by atoms with Crippen LogP contribution in [0.25, 0.3) is 0 Å². The number of amides is 1. The molecule has 0 saturated carbocycles. The molecule has 0 spiro atoms. The first-order valence-corrected chi connectivity index (χ1v) is 6.50. The Balaban J connectivity index is 2.25. The van der Waals surface area contributed by atoms with Gasteiger partial charge in [-0.2, -0.15) is 0 Å². The van der Waals surface area contributed by atoms with Gasteiger partial charge in [-0.3, -0.25) is 4.79 Å². The van der Waals surface area contributed by atoms with Gasteiger partial charge in [-0.05, 0) is 46.5 Å². The minimum Gasteiger partial charge on any atom is -0.381 e. The van der Waals surface area contributed by atoms with E-state index in [9.17, 15) is 4.79 Å². The van der Waals surface area contributed by atoms with Gasteiger partial charge in [0, 0.05) is 24.8 Å². The van der Waals surface area contributed by atoms with Gasteiger partial charge in [0.25, 0.3) is 0 Å². The molecular formula is C13H26N2O2. The number of carbonyl (C=O) groups excluding carboxylic acids is 1. The standard InChI is InChI=1S/C13H26N2O2/c1-10(11-5-7-17-8-6-11)15-12(16)9-14-13(2,3)4/h10-11,14H,5-9H2,1-4H3,(H,15,16). The van der Waals surface area contributed by atoms with Crippen LogP contribution in [-0.4, -0.2) is 37.2 Å². The number of carbonyl (C=O) groups is 1. The maximum atomic E-state index is 11.7. The molecule has 1 heterocycles. The molecule has 1 aliphatic rings. The average molecular weight is 242 g/mol. The zero-order chi connectivity index (χ0) is 12.9. The SMILES string of the molecule is CC(NC(=O)CNC(C)(C)C)C1CCOCC1. The minimum atomic E-state index is -0.0146. The van der Waals surface area contributed by atoms with Crippen molar-refractivity contribution in [3.8, 4) is 0 Å². The molecule has 0 aromatic heterocycles. The first-order valence-electron chi connectivity index (χ1n) is 6.50. The molecule has 2 N–H and O–H groups in total. The van der Waals surface area contributed by atoms with Gasteiger partial charge in [-0.25, -0.2) is 0 Å². The van der Waals surface area contributed by atoms with E-state index in [1.165, 1.54) is 0 Å². The lowest BCUT2D eigenvalue weighted by Gasteiger charge is -2.29. The van der Waals surface area contributed by atoms with Gasteiger partial charge in [-0.15, -0.1) is 0 Å². The van der Waals surface area contributed by atoms with Gasteiger partial charge in [0.15, 0.2) is 0 Å². The lowest BCUT2D eigenvalue weighted by molar-refractivity contribution is -0.121. The van der Waals surface area contributed by atoms with E-state index in [1.807, 2.05) is 0 Å². The summed E-state index contributed by atoms with van der Waals surface area (Å²) in [4.78, 5) is 11.7. The van der Waals surface area contributed by atoms with Gasteiger partial charge >= 0.3 is 0 Å². The van der Waals surface area contributed by atoms with E-state index in [2.05, 4.69) is 38.3 Å². The zero-order valence-electron chi connectivity index (χ0n) is 11.5. The van der Waals surface area contributed by atoms with E-state index in [1.54, 1.807) is 0 Å². The van der Waals surface area contributed by atoms with Crippen molar-refractivity contribution in [3.63, 3.8) is 0 Å². The number of ether oxygens (including phenoxy) is 1. The Hall–Kier alpha value is -0.610. The van der Waals surface area contributed by atoms with Crippen LogP contribution in [0.5, 0.6) is 0 Å². The number of rotatable bonds is 4. The van der Waals surface area contributed by atoms with E-state index in [0.717, 1.165) is 26.1 Å². The van der Waals surface area contributed by atoms with Crippen molar-refractivity contribution in [3.05, 3.63) is 0 Å². The summed E-state index contributed by atoms with van der Waals surface area (Å²) in [6.45, 7) is 10.3. The summed E-state index contributed by atoms with van der Waals surface area (Å²) in [7, 11) is 0. The summed E-state index contributed by atoms with van der Waals surface area (Å²) in [5.41, 5.74) is -0.0146. The lowest BCUT2D eigenvalue weighted by atomic mass is 9.93. The predicted octanol–water partition coefficient (Wildman–Crippen LogP) is 1.31. The third kappa shape index (κ3) is 6.03. The highest BCUT2D eigenvalue weighted by Crippen LogP contribution is 2.18. The van der Waals surface area contributed by atoms with Gasteiger partial charge < -0.3 is 15.4 Å². The Morgan fingerprint density at radius 2 is 1.94 bits per heavy atom. The first kappa shape index (κ1) is 14.5. The summed E-state index contributed by atoms with van der Waals surface area (Å²) in [5.74, 6) is 0.640. The second-order valence-electron chi connectivity index (χ2n) is 5.91. The van der Waals surface area contributed by atoms with E-state index in [-0.39, 0.29) is 17.5 Å². The van der Waals surface area contributed by atoms with Crippen LogP contribution in [-0.2, 0) is 9.53 Å². The highest BCUT2D eigenvalue weighted by molar-refractivity contribution is 5.78. The quantitative estimate of drug-likeness (QED) is 0.781. The van der Waals surface area contributed by atoms with Crippen LogP contribution < -0.4 is 10.6 Å². The van der Waals surface area contributed by atoms with Crippen LogP contribution in [0.1, 0.15) is 40.5 Å². The molecule has 0 aliphatic carbocycles. The largest absolute Gasteiger partial charge is 0.381 e. The molecule has 0 radical (unpaired) electrons. The summed E-state index contributed by atoms with van der Waals surface area (Å²) in [6, 6.07) is 0.244.